The van der Waals surface area contributed by atoms with Gasteiger partial charge in [0, 0.05) is 17.5 Å². The molecule has 5 aromatic rings. The fraction of sp³-hybridized carbons (Fsp3) is 0.0645. The lowest BCUT2D eigenvalue weighted by molar-refractivity contribution is -0.136. The maximum atomic E-state index is 13.3. The van der Waals surface area contributed by atoms with E-state index in [1.807, 2.05) is 60.7 Å². The van der Waals surface area contributed by atoms with Crippen LogP contribution in [0.2, 0.25) is 5.02 Å². The normalized spacial score (nSPS) is 11.5. The molecular weight excluding hydrogens is 518 g/mol. The number of ether oxygens (including phenoxy) is 2. The van der Waals surface area contributed by atoms with Gasteiger partial charge in [-0.15, -0.1) is 0 Å². The number of esters is 1. The van der Waals surface area contributed by atoms with Crippen LogP contribution in [-0.2, 0) is 16.1 Å². The van der Waals surface area contributed by atoms with E-state index in [4.69, 9.17) is 25.5 Å². The summed E-state index contributed by atoms with van der Waals surface area (Å²) in [5, 5.41) is 3.27. The van der Waals surface area contributed by atoms with Crippen molar-refractivity contribution in [1.29, 1.82) is 0 Å². The second-order valence-electron chi connectivity index (χ2n) is 8.59. The predicted octanol–water partition coefficient (Wildman–Crippen LogP) is 6.69. The van der Waals surface area contributed by atoms with E-state index in [-0.39, 0.29) is 23.0 Å². The summed E-state index contributed by atoms with van der Waals surface area (Å²) in [4.78, 5) is 38.2. The van der Waals surface area contributed by atoms with Crippen LogP contribution in [0.5, 0.6) is 5.75 Å². The third-order valence-electron chi connectivity index (χ3n) is 5.94. The van der Waals surface area contributed by atoms with Gasteiger partial charge in [0.25, 0.3) is 0 Å². The predicted molar refractivity (Wildman–Crippen MR) is 148 cm³/mol. The van der Waals surface area contributed by atoms with Crippen molar-refractivity contribution in [2.45, 2.75) is 12.6 Å². The van der Waals surface area contributed by atoms with Crippen LogP contribution in [0.15, 0.2) is 118 Å². The highest BCUT2D eigenvalue weighted by atomic mass is 35.5. The van der Waals surface area contributed by atoms with Gasteiger partial charge in [0.1, 0.15) is 12.2 Å². The van der Waals surface area contributed by atoms with E-state index < -0.39 is 23.7 Å². The van der Waals surface area contributed by atoms with Crippen molar-refractivity contribution >= 4 is 34.6 Å². The highest BCUT2D eigenvalue weighted by molar-refractivity contribution is 6.33. The lowest BCUT2D eigenvalue weighted by Gasteiger charge is -2.18. The first-order chi connectivity index (χ1) is 19.0. The maximum Gasteiger partial charge on any atom is 0.408 e. The molecule has 0 radical (unpaired) electrons. The van der Waals surface area contributed by atoms with Gasteiger partial charge in [-0.3, -0.25) is 0 Å². The van der Waals surface area contributed by atoms with Crippen LogP contribution >= 0.6 is 11.6 Å². The summed E-state index contributed by atoms with van der Waals surface area (Å²) < 4.78 is 16.3. The molecule has 0 saturated heterocycles. The van der Waals surface area contributed by atoms with Crippen LogP contribution in [0.3, 0.4) is 0 Å². The van der Waals surface area contributed by atoms with Crippen molar-refractivity contribution in [2.24, 2.45) is 0 Å². The molecule has 0 bridgehead atoms. The first-order valence-electron chi connectivity index (χ1n) is 12.0. The molecule has 0 saturated carbocycles. The third kappa shape index (κ3) is 6.17. The zero-order valence-corrected chi connectivity index (χ0v) is 21.3. The molecule has 7 nitrogen and oxygen atoms in total. The molecule has 1 heterocycles. The minimum atomic E-state index is -1.19. The van der Waals surface area contributed by atoms with Gasteiger partial charge in [0.2, 0.25) is 0 Å². The van der Waals surface area contributed by atoms with Crippen LogP contribution in [0, 0.1) is 0 Å². The average molecular weight is 540 g/mol. The highest BCUT2D eigenvalue weighted by Crippen LogP contribution is 2.35. The number of hydrogen-bond acceptors (Lipinski definition) is 6. The zero-order chi connectivity index (χ0) is 27.2. The van der Waals surface area contributed by atoms with Gasteiger partial charge < -0.3 is 19.2 Å². The summed E-state index contributed by atoms with van der Waals surface area (Å²) in [7, 11) is 0. The first kappa shape index (κ1) is 25.8. The highest BCUT2D eigenvalue weighted by Gasteiger charge is 2.27. The lowest BCUT2D eigenvalue weighted by atomic mass is 10.0. The molecule has 0 aliphatic heterocycles. The minimum Gasteiger partial charge on any atom is -0.445 e. The molecule has 0 unspecified atom stereocenters. The van der Waals surface area contributed by atoms with E-state index in [0.717, 1.165) is 11.1 Å². The van der Waals surface area contributed by atoms with Crippen LogP contribution in [0.25, 0.3) is 22.1 Å². The average Bonchev–Trinajstić information content (AvgIpc) is 2.96. The molecule has 0 aliphatic carbocycles. The van der Waals surface area contributed by atoms with Crippen molar-refractivity contribution in [3.05, 3.63) is 136 Å². The van der Waals surface area contributed by atoms with E-state index in [1.165, 1.54) is 12.1 Å². The summed E-state index contributed by atoms with van der Waals surface area (Å²) >= 11 is 6.51. The van der Waals surface area contributed by atoms with Crippen molar-refractivity contribution in [3.63, 3.8) is 0 Å². The molecule has 0 aliphatic rings. The number of alkyl carbamates (subject to hydrolysis) is 1. The molecule has 5 rings (SSSR count). The van der Waals surface area contributed by atoms with Gasteiger partial charge in [0.15, 0.2) is 11.8 Å². The van der Waals surface area contributed by atoms with Crippen molar-refractivity contribution in [3.8, 4) is 16.9 Å². The van der Waals surface area contributed by atoms with E-state index in [1.54, 1.807) is 36.4 Å². The summed E-state index contributed by atoms with van der Waals surface area (Å²) in [6.45, 7) is 0.0303. The number of benzene rings is 4. The maximum absolute atomic E-state index is 13.3. The van der Waals surface area contributed by atoms with Crippen molar-refractivity contribution < 1.29 is 23.5 Å². The van der Waals surface area contributed by atoms with Gasteiger partial charge in [-0.1, -0.05) is 103 Å². The molecule has 4 aromatic carbocycles. The quantitative estimate of drug-likeness (QED) is 0.141. The minimum absolute atomic E-state index is 0.0251. The first-order valence-corrected chi connectivity index (χ1v) is 12.4. The standard InChI is InChI=1S/C31H22ClNO6/c32-25-16-24-23(21-12-6-2-7-13-21)17-28(34)38-26(24)18-27(25)39-30(35)29(22-14-8-3-9-15-22)33-31(36)37-19-20-10-4-1-5-11-20/h1-18,29H,19H2,(H,33,36)/t29-/m1/s1. The van der Waals surface area contributed by atoms with Crippen LogP contribution < -0.4 is 15.7 Å². The van der Waals surface area contributed by atoms with Gasteiger partial charge in [0.05, 0.1) is 5.02 Å². The smallest absolute Gasteiger partial charge is 0.408 e. The van der Waals surface area contributed by atoms with Crippen LogP contribution in [-0.4, -0.2) is 12.1 Å². The Balaban J connectivity index is 1.41. The Morgan fingerprint density at radius 2 is 1.49 bits per heavy atom. The number of carbonyl (C=O) groups excluding carboxylic acids is 2. The number of rotatable bonds is 7. The number of amides is 1. The number of nitrogens with one attached hydrogen (secondary N) is 1. The number of fused-ring (bicyclic) bond motifs is 1. The Morgan fingerprint density at radius 3 is 2.18 bits per heavy atom. The fourth-order valence-corrected chi connectivity index (χ4v) is 4.27. The van der Waals surface area contributed by atoms with Crippen molar-refractivity contribution in [1.82, 2.24) is 5.32 Å². The van der Waals surface area contributed by atoms with E-state index in [9.17, 15) is 14.4 Å². The lowest BCUT2D eigenvalue weighted by Crippen LogP contribution is -2.36. The molecule has 1 N–H and O–H groups in total. The Labute approximate surface area is 228 Å². The Bertz CT molecular complexity index is 1670. The molecule has 0 fully saturated rings. The summed E-state index contributed by atoms with van der Waals surface area (Å²) in [6.07, 6.45) is -0.798. The van der Waals surface area contributed by atoms with Crippen molar-refractivity contribution in [2.75, 3.05) is 0 Å². The SMILES string of the molecule is O=C(N[C@@H](C(=O)Oc1cc2oc(=O)cc(-c3ccccc3)c2cc1Cl)c1ccccc1)OCc1ccccc1. The van der Waals surface area contributed by atoms with Crippen LogP contribution in [0.1, 0.15) is 17.2 Å². The number of hydrogen-bond donors (Lipinski definition) is 1. The molecular formula is C31H22ClNO6. The Hall–Kier alpha value is -4.88. The summed E-state index contributed by atoms with van der Waals surface area (Å²) in [5.41, 5.74) is 2.34. The van der Waals surface area contributed by atoms with E-state index in [0.29, 0.717) is 16.5 Å². The third-order valence-corrected chi connectivity index (χ3v) is 6.23. The van der Waals surface area contributed by atoms with Gasteiger partial charge in [-0.05, 0) is 28.3 Å². The largest absolute Gasteiger partial charge is 0.445 e. The van der Waals surface area contributed by atoms with Gasteiger partial charge in [-0.25, -0.2) is 14.4 Å². The molecule has 8 heteroatoms. The molecule has 1 aromatic heterocycles. The second-order valence-corrected chi connectivity index (χ2v) is 9.00. The Kier molecular flexibility index (Phi) is 7.70. The fourth-order valence-electron chi connectivity index (χ4n) is 4.07. The summed E-state index contributed by atoms with van der Waals surface area (Å²) in [5.74, 6) is -0.830. The molecule has 1 amide bonds. The molecule has 1 atom stereocenters. The van der Waals surface area contributed by atoms with Crippen LogP contribution in [0.4, 0.5) is 4.79 Å². The molecule has 39 heavy (non-hydrogen) atoms. The summed E-state index contributed by atoms with van der Waals surface area (Å²) in [6, 6.07) is 30.2. The van der Waals surface area contributed by atoms with Gasteiger partial charge >= 0.3 is 17.7 Å². The topological polar surface area (TPSA) is 94.8 Å². The monoisotopic (exact) mass is 539 g/mol. The Morgan fingerprint density at radius 1 is 0.846 bits per heavy atom. The molecule has 0 spiro atoms. The van der Waals surface area contributed by atoms with E-state index in [2.05, 4.69) is 5.32 Å². The molecule has 194 valence electrons. The zero-order valence-electron chi connectivity index (χ0n) is 20.5. The van der Waals surface area contributed by atoms with Gasteiger partial charge in [-0.2, -0.15) is 0 Å². The number of halogens is 1. The van der Waals surface area contributed by atoms with E-state index >= 15 is 0 Å². The number of carbonyl (C=O) groups is 2. The second kappa shape index (κ2) is 11.7.